The highest BCUT2D eigenvalue weighted by atomic mass is 35.5. The zero-order valence-electron chi connectivity index (χ0n) is 11.2. The third-order valence-corrected chi connectivity index (χ3v) is 4.46. The number of unbranched alkanes of at least 4 members (excludes halogenated alkanes) is 1. The molecule has 1 heterocycles. The zero-order chi connectivity index (χ0) is 13.3. The SMILES string of the molecule is CCCCC1C(c2ccccc2)=C(Cl)C12OCCO2. The van der Waals surface area contributed by atoms with Crippen LogP contribution in [0.2, 0.25) is 0 Å². The summed E-state index contributed by atoms with van der Waals surface area (Å²) < 4.78 is 11.7. The minimum atomic E-state index is -0.637. The molecule has 0 aromatic heterocycles. The Morgan fingerprint density at radius 2 is 1.89 bits per heavy atom. The van der Waals surface area contributed by atoms with Gasteiger partial charge in [-0.1, -0.05) is 61.7 Å². The first-order valence-electron chi connectivity index (χ1n) is 7.03. The molecule has 1 aromatic carbocycles. The van der Waals surface area contributed by atoms with E-state index in [9.17, 15) is 0 Å². The molecule has 1 spiro atoms. The van der Waals surface area contributed by atoms with Crippen molar-refractivity contribution in [3.8, 4) is 0 Å². The third kappa shape index (κ3) is 2.03. The van der Waals surface area contributed by atoms with Crippen LogP contribution in [0.1, 0.15) is 31.7 Å². The van der Waals surface area contributed by atoms with Gasteiger partial charge in [0.1, 0.15) is 0 Å². The molecule has 0 saturated carbocycles. The fourth-order valence-corrected chi connectivity index (χ4v) is 3.53. The zero-order valence-corrected chi connectivity index (χ0v) is 12.0. The van der Waals surface area contributed by atoms with E-state index in [4.69, 9.17) is 21.1 Å². The van der Waals surface area contributed by atoms with Gasteiger partial charge in [0.2, 0.25) is 5.79 Å². The minimum Gasteiger partial charge on any atom is -0.342 e. The summed E-state index contributed by atoms with van der Waals surface area (Å²) in [5.74, 6) is -0.369. The maximum Gasteiger partial charge on any atom is 0.213 e. The second-order valence-corrected chi connectivity index (χ2v) is 5.53. The molecule has 3 heteroatoms. The molecule has 102 valence electrons. The van der Waals surface area contributed by atoms with Crippen LogP contribution in [0.3, 0.4) is 0 Å². The fourth-order valence-electron chi connectivity index (χ4n) is 3.05. The van der Waals surface area contributed by atoms with Gasteiger partial charge in [-0.2, -0.15) is 0 Å². The van der Waals surface area contributed by atoms with Gasteiger partial charge < -0.3 is 9.47 Å². The predicted octanol–water partition coefficient (Wildman–Crippen LogP) is 4.20. The Hall–Kier alpha value is -0.830. The van der Waals surface area contributed by atoms with Crippen LogP contribution in [0, 0.1) is 5.92 Å². The van der Waals surface area contributed by atoms with Gasteiger partial charge in [0.25, 0.3) is 0 Å². The summed E-state index contributed by atoms with van der Waals surface area (Å²) >= 11 is 6.52. The van der Waals surface area contributed by atoms with E-state index < -0.39 is 5.79 Å². The van der Waals surface area contributed by atoms with Crippen molar-refractivity contribution in [3.63, 3.8) is 0 Å². The van der Waals surface area contributed by atoms with E-state index in [-0.39, 0.29) is 5.92 Å². The molecule has 1 unspecified atom stereocenters. The van der Waals surface area contributed by atoms with Gasteiger partial charge in [-0.3, -0.25) is 0 Å². The molecule has 1 aromatic rings. The molecule has 1 atom stereocenters. The molecule has 0 N–H and O–H groups in total. The Balaban J connectivity index is 1.94. The lowest BCUT2D eigenvalue weighted by molar-refractivity contribution is -0.161. The molecule has 1 aliphatic heterocycles. The molecule has 1 aliphatic carbocycles. The van der Waals surface area contributed by atoms with Crippen molar-refractivity contribution in [2.45, 2.75) is 32.0 Å². The molecule has 19 heavy (non-hydrogen) atoms. The summed E-state index contributed by atoms with van der Waals surface area (Å²) in [5, 5.41) is 0.748. The number of hydrogen-bond donors (Lipinski definition) is 0. The van der Waals surface area contributed by atoms with Gasteiger partial charge >= 0.3 is 0 Å². The molecular formula is C16H19ClO2. The monoisotopic (exact) mass is 278 g/mol. The third-order valence-electron chi connectivity index (χ3n) is 4.00. The Labute approximate surface area is 119 Å². The van der Waals surface area contributed by atoms with Crippen molar-refractivity contribution in [2.24, 2.45) is 5.92 Å². The first-order valence-corrected chi connectivity index (χ1v) is 7.41. The normalized spacial score (nSPS) is 24.8. The number of benzene rings is 1. The average Bonchev–Trinajstić information content (AvgIpc) is 2.96. The lowest BCUT2D eigenvalue weighted by Crippen LogP contribution is -2.48. The maximum atomic E-state index is 6.52. The van der Waals surface area contributed by atoms with Crippen LogP contribution in [0.4, 0.5) is 0 Å². The van der Waals surface area contributed by atoms with Gasteiger partial charge in [-0.05, 0) is 17.6 Å². The average molecular weight is 279 g/mol. The van der Waals surface area contributed by atoms with E-state index in [0.717, 1.165) is 11.5 Å². The van der Waals surface area contributed by atoms with E-state index in [1.54, 1.807) is 0 Å². The van der Waals surface area contributed by atoms with Crippen molar-refractivity contribution < 1.29 is 9.47 Å². The molecule has 1 fully saturated rings. The van der Waals surface area contributed by atoms with Crippen molar-refractivity contribution in [3.05, 3.63) is 40.9 Å². The molecule has 0 radical (unpaired) electrons. The summed E-state index contributed by atoms with van der Waals surface area (Å²) in [6.45, 7) is 3.48. The van der Waals surface area contributed by atoms with Gasteiger partial charge in [-0.15, -0.1) is 0 Å². The van der Waals surface area contributed by atoms with Gasteiger partial charge in [0.15, 0.2) is 0 Å². The number of halogens is 1. The second kappa shape index (κ2) is 5.28. The lowest BCUT2D eigenvalue weighted by atomic mass is 9.72. The molecule has 2 nitrogen and oxygen atoms in total. The Kier molecular flexibility index (Phi) is 3.66. The molecule has 0 bridgehead atoms. The van der Waals surface area contributed by atoms with Gasteiger partial charge in [0, 0.05) is 5.92 Å². The maximum absolute atomic E-state index is 6.52. The number of rotatable bonds is 4. The highest BCUT2D eigenvalue weighted by molar-refractivity contribution is 6.35. The summed E-state index contributed by atoms with van der Waals surface area (Å²) in [6.07, 6.45) is 3.41. The summed E-state index contributed by atoms with van der Waals surface area (Å²) in [4.78, 5) is 0. The number of hydrogen-bond acceptors (Lipinski definition) is 2. The second-order valence-electron chi connectivity index (χ2n) is 5.15. The van der Waals surface area contributed by atoms with Crippen LogP contribution >= 0.6 is 11.6 Å². The van der Waals surface area contributed by atoms with E-state index in [1.165, 1.54) is 24.0 Å². The molecular weight excluding hydrogens is 260 g/mol. The minimum absolute atomic E-state index is 0.268. The molecule has 1 saturated heterocycles. The summed E-state index contributed by atoms with van der Waals surface area (Å²) in [5.41, 5.74) is 2.40. The standard InChI is InChI=1S/C16H19ClO2/c1-2-3-9-13-14(12-7-5-4-6-8-12)15(17)16(13)18-10-11-19-16/h4-8,13H,2-3,9-11H2,1H3. The van der Waals surface area contributed by atoms with Gasteiger partial charge in [0.05, 0.1) is 18.2 Å². The molecule has 3 rings (SSSR count). The molecule has 0 amide bonds. The van der Waals surface area contributed by atoms with Crippen molar-refractivity contribution >= 4 is 17.2 Å². The van der Waals surface area contributed by atoms with Crippen LogP contribution in [-0.4, -0.2) is 19.0 Å². The molecule has 2 aliphatic rings. The largest absolute Gasteiger partial charge is 0.342 e. The van der Waals surface area contributed by atoms with E-state index in [2.05, 4.69) is 19.1 Å². The highest BCUT2D eigenvalue weighted by Crippen LogP contribution is 2.57. The van der Waals surface area contributed by atoms with E-state index >= 15 is 0 Å². The van der Waals surface area contributed by atoms with E-state index in [1.807, 2.05) is 18.2 Å². The van der Waals surface area contributed by atoms with Crippen LogP contribution in [0.15, 0.2) is 35.4 Å². The van der Waals surface area contributed by atoms with Crippen molar-refractivity contribution in [1.82, 2.24) is 0 Å². The Bertz CT molecular complexity index is 475. The van der Waals surface area contributed by atoms with Crippen molar-refractivity contribution in [2.75, 3.05) is 13.2 Å². The summed E-state index contributed by atoms with van der Waals surface area (Å²) in [7, 11) is 0. The smallest absolute Gasteiger partial charge is 0.213 e. The Morgan fingerprint density at radius 3 is 2.53 bits per heavy atom. The highest BCUT2D eigenvalue weighted by Gasteiger charge is 2.57. The topological polar surface area (TPSA) is 18.5 Å². The lowest BCUT2D eigenvalue weighted by Gasteiger charge is -2.46. The predicted molar refractivity (Wildman–Crippen MR) is 76.9 cm³/mol. The van der Waals surface area contributed by atoms with Crippen molar-refractivity contribution in [1.29, 1.82) is 0 Å². The van der Waals surface area contributed by atoms with Crippen LogP contribution < -0.4 is 0 Å². The first-order chi connectivity index (χ1) is 9.29. The quantitative estimate of drug-likeness (QED) is 0.822. The van der Waals surface area contributed by atoms with Gasteiger partial charge in [-0.25, -0.2) is 0 Å². The van der Waals surface area contributed by atoms with Crippen LogP contribution in [0.25, 0.3) is 5.57 Å². The number of ether oxygens (including phenoxy) is 2. The fraction of sp³-hybridized carbons (Fsp3) is 0.500. The van der Waals surface area contributed by atoms with E-state index in [0.29, 0.717) is 13.2 Å². The van der Waals surface area contributed by atoms with Crippen LogP contribution in [-0.2, 0) is 9.47 Å². The first kappa shape index (κ1) is 13.2. The summed E-state index contributed by atoms with van der Waals surface area (Å²) in [6, 6.07) is 10.3. The Morgan fingerprint density at radius 1 is 1.21 bits per heavy atom. The van der Waals surface area contributed by atoms with Crippen LogP contribution in [0.5, 0.6) is 0 Å².